The van der Waals surface area contributed by atoms with Gasteiger partial charge >= 0.3 is 18.0 Å². The van der Waals surface area contributed by atoms with Crippen molar-refractivity contribution in [2.24, 2.45) is 0 Å². The number of ether oxygens (including phenoxy) is 2. The lowest BCUT2D eigenvalue weighted by atomic mass is 10.0. The number of hydrogen-bond donors (Lipinski definition) is 2. The number of urea groups is 1. The van der Waals surface area contributed by atoms with Gasteiger partial charge in [-0.05, 0) is 35.0 Å². The zero-order valence-electron chi connectivity index (χ0n) is 31.1. The van der Waals surface area contributed by atoms with E-state index in [1.807, 2.05) is 30.3 Å². The topological polar surface area (TPSA) is 167 Å². The van der Waals surface area contributed by atoms with Crippen molar-refractivity contribution in [2.75, 3.05) is 27.9 Å². The molecule has 4 bridgehead atoms. The number of hydrogen-bond acceptors (Lipinski definition) is 10. The minimum atomic E-state index is -2.34. The second-order valence-corrected chi connectivity index (χ2v) is 19.5. The average Bonchev–Trinajstić information content (AvgIpc) is 3.70. The number of carbonyl (C=O) groups excluding carboxylic acids is 4. The molecule has 3 heterocycles. The van der Waals surface area contributed by atoms with Crippen molar-refractivity contribution in [3.63, 3.8) is 0 Å². The average molecular weight is 725 g/mol. The van der Waals surface area contributed by atoms with E-state index in [1.54, 1.807) is 17.9 Å². The Morgan fingerprint density at radius 2 is 1.57 bits per heavy atom. The predicted octanol–water partition coefficient (Wildman–Crippen LogP) is 5.13. The van der Waals surface area contributed by atoms with E-state index in [9.17, 15) is 19.2 Å². The zero-order valence-corrected chi connectivity index (χ0v) is 32.1. The van der Waals surface area contributed by atoms with Crippen molar-refractivity contribution in [1.82, 2.24) is 30.5 Å². The quantitative estimate of drug-likeness (QED) is 0.211. The summed E-state index contributed by atoms with van der Waals surface area (Å²) in [4.78, 5) is 55.7. The van der Waals surface area contributed by atoms with Gasteiger partial charge in [-0.3, -0.25) is 9.48 Å². The summed E-state index contributed by atoms with van der Waals surface area (Å²) in [5.74, 6) is -2.82. The van der Waals surface area contributed by atoms with Crippen molar-refractivity contribution in [3.05, 3.63) is 70.4 Å². The van der Waals surface area contributed by atoms with Crippen molar-refractivity contribution in [2.45, 2.75) is 103 Å². The first kappa shape index (κ1) is 39.3. The number of furan rings is 1. The Labute approximate surface area is 300 Å². The lowest BCUT2D eigenvalue weighted by molar-refractivity contribution is 0.0554. The molecule has 3 aromatic rings. The highest BCUT2D eigenvalue weighted by molar-refractivity contribution is 6.77. The molecule has 0 saturated heterocycles. The molecule has 14 nitrogen and oxygen atoms in total. The van der Waals surface area contributed by atoms with Crippen LogP contribution in [0.3, 0.4) is 0 Å². The molecule has 2 N–H and O–H groups in total. The van der Waals surface area contributed by atoms with Gasteiger partial charge in [0.1, 0.15) is 22.6 Å². The second-order valence-electron chi connectivity index (χ2n) is 14.0. The van der Waals surface area contributed by atoms with Crippen molar-refractivity contribution < 1.29 is 37.5 Å². The largest absolute Gasteiger partial charge is 0.465 e. The fourth-order valence-electron chi connectivity index (χ4n) is 7.31. The van der Waals surface area contributed by atoms with E-state index in [4.69, 9.17) is 18.3 Å². The van der Waals surface area contributed by atoms with Crippen LogP contribution in [-0.4, -0.2) is 92.0 Å². The van der Waals surface area contributed by atoms with Crippen LogP contribution >= 0.6 is 0 Å². The van der Waals surface area contributed by atoms with Crippen LogP contribution in [0.4, 0.5) is 4.79 Å². The van der Waals surface area contributed by atoms with Gasteiger partial charge in [-0.25, -0.2) is 14.4 Å². The number of carbonyl (C=O) groups is 4. The van der Waals surface area contributed by atoms with Crippen molar-refractivity contribution >= 4 is 32.2 Å². The molecule has 0 aliphatic carbocycles. The van der Waals surface area contributed by atoms with E-state index in [-0.39, 0.29) is 61.2 Å². The van der Waals surface area contributed by atoms with Gasteiger partial charge in [-0.1, -0.05) is 77.1 Å². The predicted molar refractivity (Wildman–Crippen MR) is 192 cm³/mol. The minimum Gasteiger partial charge on any atom is -0.465 e. The first-order valence-corrected chi connectivity index (χ1v) is 19.6. The number of benzene rings is 1. The molecular formula is C36H52N6O8Si. The van der Waals surface area contributed by atoms with Gasteiger partial charge in [0.25, 0.3) is 5.91 Å². The number of nitrogens with one attached hydrogen (secondary N) is 2. The summed E-state index contributed by atoms with van der Waals surface area (Å²) < 4.78 is 24.7. The van der Waals surface area contributed by atoms with E-state index in [0.29, 0.717) is 28.7 Å². The smallest absolute Gasteiger partial charge is 0.342 e. The summed E-state index contributed by atoms with van der Waals surface area (Å²) >= 11 is 0. The third-order valence-corrected chi connectivity index (χ3v) is 15.7. The van der Waals surface area contributed by atoms with Crippen LogP contribution in [-0.2, 0) is 39.8 Å². The molecular weight excluding hydrogens is 673 g/mol. The first-order valence-electron chi connectivity index (χ1n) is 17.4. The SMILES string of the molecule is COC(=O)c1c2oc(c1C(=O)OC)C(=O)NC(Cc1ccccc1)Cn1cc(nn1)CN(C)C(=O)N[C@H](CO[Si](C(C)C)(C(C)C)C(C)C)CC2. The van der Waals surface area contributed by atoms with E-state index < -0.39 is 38.2 Å². The molecule has 278 valence electrons. The van der Waals surface area contributed by atoms with Crippen molar-refractivity contribution in [1.29, 1.82) is 0 Å². The number of fused-ring (bicyclic) bond motifs is 4. The van der Waals surface area contributed by atoms with Gasteiger partial charge in [-0.2, -0.15) is 0 Å². The van der Waals surface area contributed by atoms with Crippen LogP contribution in [0.25, 0.3) is 0 Å². The van der Waals surface area contributed by atoms with E-state index in [0.717, 1.165) is 12.7 Å². The molecule has 0 radical (unpaired) electrons. The maximum Gasteiger partial charge on any atom is 0.342 e. The number of methoxy groups -OCH3 is 2. The summed E-state index contributed by atoms with van der Waals surface area (Å²) in [6, 6.07) is 8.15. The third kappa shape index (κ3) is 9.06. The Morgan fingerprint density at radius 3 is 2.18 bits per heavy atom. The molecule has 2 aromatic heterocycles. The lowest BCUT2D eigenvalue weighted by Gasteiger charge is -2.43. The molecule has 0 fully saturated rings. The molecule has 1 aromatic carbocycles. The Bertz CT molecular complexity index is 1650. The van der Waals surface area contributed by atoms with Gasteiger partial charge in [0.2, 0.25) is 5.76 Å². The van der Waals surface area contributed by atoms with Crippen LogP contribution in [0.5, 0.6) is 0 Å². The van der Waals surface area contributed by atoms with Gasteiger partial charge in [-0.15, -0.1) is 5.10 Å². The Morgan fingerprint density at radius 1 is 0.941 bits per heavy atom. The highest BCUT2D eigenvalue weighted by Crippen LogP contribution is 2.42. The summed E-state index contributed by atoms with van der Waals surface area (Å²) in [5.41, 5.74) is 1.89. The molecule has 15 heteroatoms. The number of aromatic nitrogens is 3. The highest BCUT2D eigenvalue weighted by atomic mass is 28.4. The summed E-state index contributed by atoms with van der Waals surface area (Å²) in [6.45, 7) is 13.7. The van der Waals surface area contributed by atoms with Crippen LogP contribution < -0.4 is 10.6 Å². The number of amides is 3. The van der Waals surface area contributed by atoms with Crippen LogP contribution in [0, 0.1) is 0 Å². The highest BCUT2D eigenvalue weighted by Gasteiger charge is 2.45. The van der Waals surface area contributed by atoms with Gasteiger partial charge in [0, 0.05) is 13.5 Å². The molecule has 2 atom stereocenters. The monoisotopic (exact) mass is 724 g/mol. The first-order chi connectivity index (χ1) is 24.2. The summed E-state index contributed by atoms with van der Waals surface area (Å²) in [5, 5.41) is 14.6. The van der Waals surface area contributed by atoms with Crippen LogP contribution in [0.1, 0.15) is 96.3 Å². The number of aryl methyl sites for hydroxylation is 1. The third-order valence-electron chi connectivity index (χ3n) is 9.66. The molecule has 0 spiro atoms. The molecule has 3 amide bonds. The van der Waals surface area contributed by atoms with E-state index in [1.165, 1.54) is 12.0 Å². The van der Waals surface area contributed by atoms with Crippen LogP contribution in [0.15, 0.2) is 40.9 Å². The molecule has 51 heavy (non-hydrogen) atoms. The van der Waals surface area contributed by atoms with Gasteiger partial charge in [0.15, 0.2) is 8.32 Å². The molecule has 4 rings (SSSR count). The maximum atomic E-state index is 14.0. The molecule has 1 aliphatic rings. The Hall–Kier alpha value is -4.50. The number of nitrogens with zero attached hydrogens (tertiary/aromatic N) is 4. The summed E-state index contributed by atoms with van der Waals surface area (Å²) in [6.07, 6.45) is 2.45. The fraction of sp³-hybridized carbons (Fsp3) is 0.556. The number of rotatable bonds is 10. The zero-order chi connectivity index (χ0) is 37.5. The lowest BCUT2D eigenvalue weighted by Crippen LogP contribution is -2.52. The second kappa shape index (κ2) is 17.1. The van der Waals surface area contributed by atoms with E-state index in [2.05, 4.69) is 62.5 Å². The van der Waals surface area contributed by atoms with Crippen LogP contribution in [0.2, 0.25) is 16.6 Å². The molecule has 1 aliphatic heterocycles. The van der Waals surface area contributed by atoms with Gasteiger partial charge in [0.05, 0.1) is 52.2 Å². The molecule has 1 unspecified atom stereocenters. The molecule has 0 saturated carbocycles. The number of esters is 2. The Kier molecular flexibility index (Phi) is 13.2. The van der Waals surface area contributed by atoms with Gasteiger partial charge < -0.3 is 33.9 Å². The van der Waals surface area contributed by atoms with Crippen molar-refractivity contribution in [3.8, 4) is 0 Å². The summed E-state index contributed by atoms with van der Waals surface area (Å²) in [7, 11) is 1.67. The standard InChI is InChI=1S/C36H52N6O8Si/c1-22(2)51(23(3)4,24(5)6)49-21-26-15-16-29-30(34(44)47-8)31(35(45)48-9)32(50-29)33(43)37-27(17-25-13-11-10-12-14-25)19-42-20-28(39-40-42)18-41(7)36(46)38-26/h10-14,20,22-24,26-27H,15-19,21H2,1-9H3,(H,37,43)(H,38,46)/t26-,27?/m0/s1. The van der Waals surface area contributed by atoms with E-state index >= 15 is 0 Å². The maximum absolute atomic E-state index is 14.0. The normalized spacial score (nSPS) is 17.7. The minimum absolute atomic E-state index is 0.0597. The fourth-order valence-corrected chi connectivity index (χ4v) is 12.8. The Balaban J connectivity index is 1.80.